The Morgan fingerprint density at radius 2 is 1.68 bits per heavy atom. The lowest BCUT2D eigenvalue weighted by molar-refractivity contribution is -0.141. The Morgan fingerprint density at radius 1 is 1.00 bits per heavy atom. The van der Waals surface area contributed by atoms with Crippen LogP contribution < -0.4 is 21.3 Å². The van der Waals surface area contributed by atoms with E-state index in [1.54, 1.807) is 30.3 Å². The highest BCUT2D eigenvalue weighted by Gasteiger charge is 2.36. The fraction of sp³-hybridized carbons (Fsp3) is 0.520. The van der Waals surface area contributed by atoms with Crippen LogP contribution in [0.2, 0.25) is 0 Å². The van der Waals surface area contributed by atoms with Crippen LogP contribution in [0.4, 0.5) is 0 Å². The summed E-state index contributed by atoms with van der Waals surface area (Å²) in [6.07, 6.45) is 1.28. The van der Waals surface area contributed by atoms with Crippen molar-refractivity contribution < 1.29 is 33.9 Å². The molecule has 1 saturated heterocycles. The zero-order chi connectivity index (χ0) is 27.5. The summed E-state index contributed by atoms with van der Waals surface area (Å²) in [6, 6.07) is 5.37. The number of nitrogens with one attached hydrogen (secondary N) is 4. The predicted molar refractivity (Wildman–Crippen MR) is 133 cm³/mol. The second-order valence-corrected chi connectivity index (χ2v) is 9.32. The number of carbonyl (C=O) groups excluding carboxylic acids is 5. The molecule has 1 heterocycles. The average molecular weight is 518 g/mol. The molecular weight excluding hydrogens is 482 g/mol. The minimum absolute atomic E-state index is 0.0242. The predicted octanol–water partition coefficient (Wildman–Crippen LogP) is -0.356. The van der Waals surface area contributed by atoms with Crippen molar-refractivity contribution in [2.45, 2.75) is 58.2 Å². The maximum Gasteiger partial charge on any atom is 0.328 e. The summed E-state index contributed by atoms with van der Waals surface area (Å²) in [7, 11) is 0. The summed E-state index contributed by atoms with van der Waals surface area (Å²) in [5.41, 5.74) is 0.414. The molecule has 0 saturated carbocycles. The molecule has 0 unspecified atom stereocenters. The standard InChI is InChI=1S/C25H35N5O7/c1-15(2)12-18(23(34)26-13-19(25(36)37)28-16(3)31)29-24(35)20-10-7-11-30(20)21(32)14-27-22(33)17-8-5-4-6-9-17/h4-6,8-9,15,18-20H,7,10-14H2,1-3H3,(H,26,34)(H,27,33)(H,28,31)(H,29,35)(H,36,37)/t18-,19-,20-/m0/s1. The van der Waals surface area contributed by atoms with Gasteiger partial charge in [-0.05, 0) is 37.3 Å². The highest BCUT2D eigenvalue weighted by atomic mass is 16.4. The number of amides is 5. The molecule has 37 heavy (non-hydrogen) atoms. The van der Waals surface area contributed by atoms with E-state index in [4.69, 9.17) is 0 Å². The van der Waals surface area contributed by atoms with E-state index in [1.165, 1.54) is 11.8 Å². The minimum Gasteiger partial charge on any atom is -0.480 e. The fourth-order valence-electron chi connectivity index (χ4n) is 4.03. The summed E-state index contributed by atoms with van der Waals surface area (Å²) in [5, 5.41) is 19.2. The lowest BCUT2D eigenvalue weighted by Crippen LogP contribution is -2.56. The van der Waals surface area contributed by atoms with Gasteiger partial charge < -0.3 is 31.3 Å². The second kappa shape index (κ2) is 14.0. The Kier molecular flexibility index (Phi) is 11.0. The molecule has 0 spiro atoms. The van der Waals surface area contributed by atoms with E-state index in [0.29, 0.717) is 24.9 Å². The van der Waals surface area contributed by atoms with Crippen LogP contribution in [0.25, 0.3) is 0 Å². The third-order valence-corrected chi connectivity index (χ3v) is 5.81. The van der Waals surface area contributed by atoms with Gasteiger partial charge in [-0.25, -0.2) is 4.79 Å². The summed E-state index contributed by atoms with van der Waals surface area (Å²) < 4.78 is 0. The van der Waals surface area contributed by atoms with Crippen LogP contribution in [-0.4, -0.2) is 83.3 Å². The van der Waals surface area contributed by atoms with E-state index < -0.39 is 53.6 Å². The number of carboxylic acids is 1. The maximum atomic E-state index is 13.1. The SMILES string of the molecule is CC(=O)N[C@@H](CNC(=O)[C@H](CC(C)C)NC(=O)[C@@H]1CCCN1C(=O)CNC(=O)c1ccccc1)C(=O)O. The van der Waals surface area contributed by atoms with E-state index in [-0.39, 0.29) is 25.4 Å². The largest absolute Gasteiger partial charge is 0.480 e. The van der Waals surface area contributed by atoms with Gasteiger partial charge in [-0.1, -0.05) is 32.0 Å². The Hall–Kier alpha value is -3.96. The zero-order valence-corrected chi connectivity index (χ0v) is 21.3. The molecule has 1 aromatic rings. The third-order valence-electron chi connectivity index (χ3n) is 5.81. The van der Waals surface area contributed by atoms with Crippen molar-refractivity contribution in [2.24, 2.45) is 5.92 Å². The Balaban J connectivity index is 1.98. The highest BCUT2D eigenvalue weighted by Crippen LogP contribution is 2.18. The number of aliphatic carboxylic acids is 1. The van der Waals surface area contributed by atoms with E-state index in [0.717, 1.165) is 0 Å². The van der Waals surface area contributed by atoms with E-state index in [1.807, 2.05) is 13.8 Å². The average Bonchev–Trinajstić information content (AvgIpc) is 3.34. The van der Waals surface area contributed by atoms with E-state index >= 15 is 0 Å². The van der Waals surface area contributed by atoms with Crippen LogP contribution in [0.5, 0.6) is 0 Å². The van der Waals surface area contributed by atoms with Gasteiger partial charge in [0.2, 0.25) is 23.6 Å². The van der Waals surface area contributed by atoms with Gasteiger partial charge in [0.15, 0.2) is 0 Å². The highest BCUT2D eigenvalue weighted by molar-refractivity contribution is 5.97. The van der Waals surface area contributed by atoms with Crippen LogP contribution in [-0.2, 0) is 24.0 Å². The summed E-state index contributed by atoms with van der Waals surface area (Å²) in [6.45, 7) is 4.62. The summed E-state index contributed by atoms with van der Waals surface area (Å²) in [4.78, 5) is 74.9. The summed E-state index contributed by atoms with van der Waals surface area (Å²) >= 11 is 0. The van der Waals surface area contributed by atoms with Crippen LogP contribution in [0.1, 0.15) is 50.4 Å². The number of carbonyl (C=O) groups is 6. The van der Waals surface area contributed by atoms with Crippen LogP contribution >= 0.6 is 0 Å². The number of hydrogen-bond acceptors (Lipinski definition) is 6. The molecular formula is C25H35N5O7. The lowest BCUT2D eigenvalue weighted by Gasteiger charge is -2.27. The molecule has 0 radical (unpaired) electrons. The first kappa shape index (κ1) is 29.3. The molecule has 3 atom stereocenters. The Morgan fingerprint density at radius 3 is 2.27 bits per heavy atom. The maximum absolute atomic E-state index is 13.1. The molecule has 1 aromatic carbocycles. The van der Waals surface area contributed by atoms with Crippen molar-refractivity contribution in [1.29, 1.82) is 0 Å². The van der Waals surface area contributed by atoms with Gasteiger partial charge in [0.1, 0.15) is 18.1 Å². The molecule has 1 aliphatic heterocycles. The van der Waals surface area contributed by atoms with Crippen molar-refractivity contribution in [2.75, 3.05) is 19.6 Å². The van der Waals surface area contributed by atoms with Gasteiger partial charge >= 0.3 is 5.97 Å². The molecule has 202 valence electrons. The Labute approximate surface area is 215 Å². The quantitative estimate of drug-likeness (QED) is 0.252. The first-order valence-corrected chi connectivity index (χ1v) is 12.2. The normalized spacial score (nSPS) is 16.4. The number of carboxylic acid groups (broad SMARTS) is 1. The molecule has 0 aromatic heterocycles. The van der Waals surface area contributed by atoms with Crippen molar-refractivity contribution >= 4 is 35.5 Å². The van der Waals surface area contributed by atoms with Crippen LogP contribution in [0.3, 0.4) is 0 Å². The van der Waals surface area contributed by atoms with Crippen LogP contribution in [0, 0.1) is 5.92 Å². The number of nitrogens with zero attached hydrogens (tertiary/aromatic N) is 1. The van der Waals surface area contributed by atoms with Crippen molar-refractivity contribution in [3.8, 4) is 0 Å². The molecule has 5 amide bonds. The number of benzene rings is 1. The number of hydrogen-bond donors (Lipinski definition) is 5. The Bertz CT molecular complexity index is 998. The second-order valence-electron chi connectivity index (χ2n) is 9.32. The number of likely N-dealkylation sites (tertiary alicyclic amines) is 1. The molecule has 0 bridgehead atoms. The lowest BCUT2D eigenvalue weighted by atomic mass is 10.0. The fourth-order valence-corrected chi connectivity index (χ4v) is 4.03. The van der Waals surface area contributed by atoms with Crippen molar-refractivity contribution in [3.63, 3.8) is 0 Å². The van der Waals surface area contributed by atoms with Gasteiger partial charge in [-0.15, -0.1) is 0 Å². The molecule has 1 aliphatic rings. The third kappa shape index (κ3) is 9.21. The van der Waals surface area contributed by atoms with Crippen molar-refractivity contribution in [1.82, 2.24) is 26.2 Å². The molecule has 5 N–H and O–H groups in total. The molecule has 1 fully saturated rings. The molecule has 12 nitrogen and oxygen atoms in total. The topological polar surface area (TPSA) is 174 Å². The van der Waals surface area contributed by atoms with Gasteiger partial charge in [0, 0.05) is 25.6 Å². The van der Waals surface area contributed by atoms with Crippen LogP contribution in [0.15, 0.2) is 30.3 Å². The van der Waals surface area contributed by atoms with Gasteiger partial charge in [0.25, 0.3) is 5.91 Å². The first-order chi connectivity index (χ1) is 17.5. The zero-order valence-electron chi connectivity index (χ0n) is 21.3. The smallest absolute Gasteiger partial charge is 0.328 e. The molecule has 12 heteroatoms. The van der Waals surface area contributed by atoms with Crippen molar-refractivity contribution in [3.05, 3.63) is 35.9 Å². The van der Waals surface area contributed by atoms with Gasteiger partial charge in [-0.3, -0.25) is 24.0 Å². The first-order valence-electron chi connectivity index (χ1n) is 12.2. The van der Waals surface area contributed by atoms with Gasteiger partial charge in [0.05, 0.1) is 6.54 Å². The van der Waals surface area contributed by atoms with Gasteiger partial charge in [-0.2, -0.15) is 0 Å². The molecule has 2 rings (SSSR count). The monoisotopic (exact) mass is 517 g/mol. The minimum atomic E-state index is -1.31. The summed E-state index contributed by atoms with van der Waals surface area (Å²) in [5.74, 6) is -3.74. The molecule has 0 aliphatic carbocycles. The van der Waals surface area contributed by atoms with E-state index in [9.17, 15) is 33.9 Å². The van der Waals surface area contributed by atoms with E-state index in [2.05, 4.69) is 21.3 Å². The number of rotatable bonds is 12.